The van der Waals surface area contributed by atoms with Crippen LogP contribution in [-0.2, 0) is 13.5 Å². The van der Waals surface area contributed by atoms with Gasteiger partial charge in [0.1, 0.15) is 5.82 Å². The number of aryl methyl sites for hydroxylation is 1. The van der Waals surface area contributed by atoms with Crippen LogP contribution in [0, 0.1) is 0 Å². The fourth-order valence-corrected chi connectivity index (χ4v) is 1.94. The minimum Gasteiger partial charge on any atom is -0.338 e. The molecule has 0 radical (unpaired) electrons. The lowest BCUT2D eigenvalue weighted by Gasteiger charge is -2.19. The summed E-state index contributed by atoms with van der Waals surface area (Å²) in [7, 11) is 2.04. The molecule has 0 amide bonds. The molecule has 0 unspecified atom stereocenters. The topological polar surface area (TPSA) is 33.1 Å². The fraction of sp³-hybridized carbons (Fsp3) is 0.769. The average molecular weight is 238 g/mol. The van der Waals surface area contributed by atoms with Crippen LogP contribution in [0.3, 0.4) is 0 Å². The Balaban J connectivity index is 2.06. The third kappa shape index (κ3) is 5.33. The van der Waals surface area contributed by atoms with E-state index in [1.165, 1.54) is 13.0 Å². The van der Waals surface area contributed by atoms with E-state index in [1.54, 1.807) is 0 Å². The largest absolute Gasteiger partial charge is 0.338 e. The van der Waals surface area contributed by atoms with Crippen molar-refractivity contribution in [3.05, 3.63) is 18.2 Å². The van der Waals surface area contributed by atoms with Crippen LogP contribution in [0.5, 0.6) is 0 Å². The number of rotatable bonds is 9. The molecule has 98 valence electrons. The highest BCUT2D eigenvalue weighted by Crippen LogP contribution is 1.94. The lowest BCUT2D eigenvalue weighted by molar-refractivity contribution is 0.288. The van der Waals surface area contributed by atoms with Crippen LogP contribution in [-0.4, -0.2) is 47.2 Å². The third-order valence-electron chi connectivity index (χ3n) is 3.04. The second kappa shape index (κ2) is 8.25. The number of imidazole rings is 1. The molecular weight excluding hydrogens is 212 g/mol. The van der Waals surface area contributed by atoms with Crippen molar-refractivity contribution in [2.75, 3.05) is 32.7 Å². The Hall–Kier alpha value is -0.870. The summed E-state index contributed by atoms with van der Waals surface area (Å²) in [6.45, 7) is 10.0. The molecule has 1 heterocycles. The Bertz CT molecular complexity index is 295. The molecule has 1 aromatic rings. The molecular formula is C13H26N4. The standard InChI is InChI=1S/C13H26N4/c1-4-10-17(5-2)12-8-14-7-6-13-15-9-11-16(13)3/h9,11,14H,4-8,10,12H2,1-3H3. The Morgan fingerprint density at radius 3 is 2.71 bits per heavy atom. The quantitative estimate of drug-likeness (QED) is 0.658. The fourth-order valence-electron chi connectivity index (χ4n) is 1.94. The lowest BCUT2D eigenvalue weighted by Crippen LogP contribution is -2.33. The van der Waals surface area contributed by atoms with Crippen molar-refractivity contribution in [2.45, 2.75) is 26.7 Å². The normalized spacial score (nSPS) is 11.3. The van der Waals surface area contributed by atoms with E-state index < -0.39 is 0 Å². The smallest absolute Gasteiger partial charge is 0.109 e. The van der Waals surface area contributed by atoms with Crippen molar-refractivity contribution in [3.8, 4) is 0 Å². The molecule has 0 bridgehead atoms. The summed E-state index contributed by atoms with van der Waals surface area (Å²) in [6, 6.07) is 0. The van der Waals surface area contributed by atoms with Crippen molar-refractivity contribution in [2.24, 2.45) is 7.05 Å². The van der Waals surface area contributed by atoms with Gasteiger partial charge in [-0.1, -0.05) is 13.8 Å². The SMILES string of the molecule is CCCN(CC)CCNCCc1nccn1C. The molecule has 0 aromatic carbocycles. The minimum atomic E-state index is 1.00. The van der Waals surface area contributed by atoms with E-state index in [2.05, 4.69) is 33.6 Å². The van der Waals surface area contributed by atoms with Gasteiger partial charge < -0.3 is 14.8 Å². The summed E-state index contributed by atoms with van der Waals surface area (Å²) >= 11 is 0. The number of nitrogens with one attached hydrogen (secondary N) is 1. The maximum absolute atomic E-state index is 4.31. The zero-order valence-electron chi connectivity index (χ0n) is 11.4. The predicted octanol–water partition coefficient (Wildman–Crippen LogP) is 1.28. The summed E-state index contributed by atoms with van der Waals surface area (Å²) in [5, 5.41) is 3.48. The van der Waals surface area contributed by atoms with E-state index in [1.807, 2.05) is 19.4 Å². The molecule has 0 saturated carbocycles. The van der Waals surface area contributed by atoms with Gasteiger partial charge in [0.05, 0.1) is 0 Å². The molecule has 4 heteroatoms. The molecule has 0 fully saturated rings. The molecule has 1 rings (SSSR count). The van der Waals surface area contributed by atoms with Crippen LogP contribution in [0.2, 0.25) is 0 Å². The highest BCUT2D eigenvalue weighted by molar-refractivity contribution is 4.91. The maximum atomic E-state index is 4.31. The molecule has 0 aliphatic heterocycles. The molecule has 4 nitrogen and oxygen atoms in total. The predicted molar refractivity (Wildman–Crippen MR) is 72.2 cm³/mol. The van der Waals surface area contributed by atoms with Crippen LogP contribution in [0.4, 0.5) is 0 Å². The van der Waals surface area contributed by atoms with Crippen molar-refractivity contribution in [1.82, 2.24) is 19.8 Å². The van der Waals surface area contributed by atoms with E-state index in [0.29, 0.717) is 0 Å². The molecule has 17 heavy (non-hydrogen) atoms. The number of hydrogen-bond donors (Lipinski definition) is 1. The van der Waals surface area contributed by atoms with Gasteiger partial charge in [-0.15, -0.1) is 0 Å². The Morgan fingerprint density at radius 2 is 2.12 bits per heavy atom. The first-order valence-electron chi connectivity index (χ1n) is 6.67. The Labute approximate surface area is 105 Å². The monoisotopic (exact) mass is 238 g/mol. The van der Waals surface area contributed by atoms with E-state index in [9.17, 15) is 0 Å². The van der Waals surface area contributed by atoms with Gasteiger partial charge in [0.2, 0.25) is 0 Å². The number of nitrogens with zero attached hydrogens (tertiary/aromatic N) is 3. The molecule has 0 spiro atoms. The van der Waals surface area contributed by atoms with E-state index in [-0.39, 0.29) is 0 Å². The maximum Gasteiger partial charge on any atom is 0.109 e. The second-order valence-corrected chi connectivity index (χ2v) is 4.39. The van der Waals surface area contributed by atoms with Crippen LogP contribution in [0.1, 0.15) is 26.1 Å². The van der Waals surface area contributed by atoms with Gasteiger partial charge in [0.25, 0.3) is 0 Å². The summed E-state index contributed by atoms with van der Waals surface area (Å²) < 4.78 is 2.08. The Kier molecular flexibility index (Phi) is 6.89. The third-order valence-corrected chi connectivity index (χ3v) is 3.04. The van der Waals surface area contributed by atoms with E-state index >= 15 is 0 Å². The van der Waals surface area contributed by atoms with Gasteiger partial charge in [-0.3, -0.25) is 0 Å². The number of aromatic nitrogens is 2. The van der Waals surface area contributed by atoms with Crippen LogP contribution < -0.4 is 5.32 Å². The van der Waals surface area contributed by atoms with Gasteiger partial charge in [0.15, 0.2) is 0 Å². The first-order chi connectivity index (χ1) is 8.27. The average Bonchev–Trinajstić information content (AvgIpc) is 2.73. The van der Waals surface area contributed by atoms with Crippen molar-refractivity contribution >= 4 is 0 Å². The van der Waals surface area contributed by atoms with Crippen LogP contribution in [0.15, 0.2) is 12.4 Å². The minimum absolute atomic E-state index is 1.00. The van der Waals surface area contributed by atoms with Gasteiger partial charge in [0, 0.05) is 45.5 Å². The highest BCUT2D eigenvalue weighted by Gasteiger charge is 2.01. The summed E-state index contributed by atoms with van der Waals surface area (Å²) in [5.41, 5.74) is 0. The van der Waals surface area contributed by atoms with Crippen molar-refractivity contribution < 1.29 is 0 Å². The van der Waals surface area contributed by atoms with Gasteiger partial charge >= 0.3 is 0 Å². The first-order valence-corrected chi connectivity index (χ1v) is 6.67. The first kappa shape index (κ1) is 14.2. The van der Waals surface area contributed by atoms with Crippen molar-refractivity contribution in [3.63, 3.8) is 0 Å². The molecule has 0 aliphatic rings. The summed E-state index contributed by atoms with van der Waals surface area (Å²) in [6.07, 6.45) is 6.09. The van der Waals surface area contributed by atoms with E-state index in [4.69, 9.17) is 0 Å². The Morgan fingerprint density at radius 1 is 1.29 bits per heavy atom. The summed E-state index contributed by atoms with van der Waals surface area (Å²) in [5.74, 6) is 1.15. The van der Waals surface area contributed by atoms with Gasteiger partial charge in [-0.25, -0.2) is 4.98 Å². The summed E-state index contributed by atoms with van der Waals surface area (Å²) in [4.78, 5) is 6.79. The van der Waals surface area contributed by atoms with Crippen LogP contribution in [0.25, 0.3) is 0 Å². The number of hydrogen-bond acceptors (Lipinski definition) is 3. The van der Waals surface area contributed by atoms with Crippen molar-refractivity contribution in [1.29, 1.82) is 0 Å². The van der Waals surface area contributed by atoms with Gasteiger partial charge in [-0.05, 0) is 19.5 Å². The highest BCUT2D eigenvalue weighted by atomic mass is 15.1. The van der Waals surface area contributed by atoms with Crippen LogP contribution >= 0.6 is 0 Å². The van der Waals surface area contributed by atoms with E-state index in [0.717, 1.165) is 38.4 Å². The van der Waals surface area contributed by atoms with Gasteiger partial charge in [-0.2, -0.15) is 0 Å². The lowest BCUT2D eigenvalue weighted by atomic mass is 10.3. The molecule has 0 aliphatic carbocycles. The second-order valence-electron chi connectivity index (χ2n) is 4.39. The molecule has 0 saturated heterocycles. The zero-order valence-corrected chi connectivity index (χ0v) is 11.4. The molecule has 1 aromatic heterocycles. The number of likely N-dealkylation sites (N-methyl/N-ethyl adjacent to an activating group) is 1. The zero-order chi connectivity index (χ0) is 12.5. The molecule has 1 N–H and O–H groups in total. The molecule has 0 atom stereocenters.